The zero-order chi connectivity index (χ0) is 13.3. The molecule has 1 nitrogen and oxygen atoms in total. The molecule has 0 bridgehead atoms. The van der Waals surface area contributed by atoms with Crippen LogP contribution in [0.2, 0.25) is 0 Å². The Morgan fingerprint density at radius 3 is 2.44 bits per heavy atom. The molecule has 0 radical (unpaired) electrons. The van der Waals surface area contributed by atoms with Gasteiger partial charge in [-0.1, -0.05) is 12.1 Å². The lowest BCUT2D eigenvalue weighted by Gasteiger charge is -2.14. The Kier molecular flexibility index (Phi) is 3.78. The van der Waals surface area contributed by atoms with Crippen LogP contribution < -0.4 is 0 Å². The second-order valence-electron chi connectivity index (χ2n) is 4.08. The summed E-state index contributed by atoms with van der Waals surface area (Å²) in [5.41, 5.74) is 1.82. The fourth-order valence-electron chi connectivity index (χ4n) is 1.81. The molecule has 1 unspecified atom stereocenters. The van der Waals surface area contributed by atoms with E-state index >= 15 is 0 Å². The third kappa shape index (κ3) is 2.60. The van der Waals surface area contributed by atoms with Crippen LogP contribution in [0.3, 0.4) is 0 Å². The molecule has 0 heterocycles. The summed E-state index contributed by atoms with van der Waals surface area (Å²) >= 11 is 3.07. The first-order valence-corrected chi connectivity index (χ1v) is 6.17. The number of rotatable bonds is 2. The zero-order valence-corrected chi connectivity index (χ0v) is 11.2. The lowest BCUT2D eigenvalue weighted by Crippen LogP contribution is -2.02. The second-order valence-corrected chi connectivity index (χ2v) is 4.93. The van der Waals surface area contributed by atoms with Crippen molar-refractivity contribution in [2.75, 3.05) is 0 Å². The van der Waals surface area contributed by atoms with Crippen LogP contribution in [0, 0.1) is 18.6 Å². The predicted molar refractivity (Wildman–Crippen MR) is 69.3 cm³/mol. The molecule has 2 aromatic rings. The molecule has 0 saturated carbocycles. The van der Waals surface area contributed by atoms with Gasteiger partial charge >= 0.3 is 0 Å². The molecule has 2 aromatic carbocycles. The molecule has 0 spiro atoms. The van der Waals surface area contributed by atoms with Crippen molar-refractivity contribution in [1.82, 2.24) is 0 Å². The third-order valence-corrected chi connectivity index (χ3v) is 3.39. The summed E-state index contributed by atoms with van der Waals surface area (Å²) in [5.74, 6) is -0.731. The van der Waals surface area contributed by atoms with E-state index in [-0.39, 0.29) is 11.6 Å². The first kappa shape index (κ1) is 13.2. The average Bonchev–Trinajstić information content (AvgIpc) is 2.32. The Morgan fingerprint density at radius 1 is 1.11 bits per heavy atom. The fraction of sp³-hybridized carbons (Fsp3) is 0.143. The SMILES string of the molecule is Cc1cc(F)ccc1C(O)c1ccc(F)c(Br)c1. The van der Waals surface area contributed by atoms with Crippen LogP contribution in [0.5, 0.6) is 0 Å². The second kappa shape index (κ2) is 5.16. The standard InChI is InChI=1S/C14H11BrF2O/c1-8-6-10(16)3-4-11(8)14(18)9-2-5-13(17)12(15)7-9/h2-7,14,18H,1H3. The van der Waals surface area contributed by atoms with Crippen molar-refractivity contribution >= 4 is 15.9 Å². The highest BCUT2D eigenvalue weighted by Crippen LogP contribution is 2.28. The topological polar surface area (TPSA) is 20.2 Å². The number of halogens is 3. The van der Waals surface area contributed by atoms with E-state index < -0.39 is 6.10 Å². The highest BCUT2D eigenvalue weighted by molar-refractivity contribution is 9.10. The Labute approximate surface area is 112 Å². The molecule has 1 atom stereocenters. The van der Waals surface area contributed by atoms with Gasteiger partial charge in [0.1, 0.15) is 17.7 Å². The maximum Gasteiger partial charge on any atom is 0.137 e. The summed E-state index contributed by atoms with van der Waals surface area (Å²) < 4.78 is 26.4. The van der Waals surface area contributed by atoms with Gasteiger partial charge in [0.25, 0.3) is 0 Å². The Hall–Kier alpha value is -1.26. The van der Waals surface area contributed by atoms with E-state index in [0.29, 0.717) is 21.2 Å². The predicted octanol–water partition coefficient (Wildman–Crippen LogP) is 4.12. The minimum Gasteiger partial charge on any atom is -0.384 e. The van der Waals surface area contributed by atoms with Gasteiger partial charge in [-0.15, -0.1) is 0 Å². The van der Waals surface area contributed by atoms with E-state index in [1.165, 1.54) is 36.4 Å². The largest absolute Gasteiger partial charge is 0.384 e. The van der Waals surface area contributed by atoms with Gasteiger partial charge in [-0.05, 0) is 63.8 Å². The summed E-state index contributed by atoms with van der Waals surface area (Å²) in [6.07, 6.45) is -0.900. The minimum absolute atomic E-state index is 0.291. The number of aryl methyl sites for hydroxylation is 1. The molecule has 1 N–H and O–H groups in total. The van der Waals surface area contributed by atoms with Crippen LogP contribution in [-0.2, 0) is 0 Å². The molecule has 0 aliphatic rings. The van der Waals surface area contributed by atoms with Crippen molar-refractivity contribution in [2.24, 2.45) is 0 Å². The van der Waals surface area contributed by atoms with Gasteiger partial charge in [0.15, 0.2) is 0 Å². The molecule has 0 saturated heterocycles. The molecular formula is C14H11BrF2O. The van der Waals surface area contributed by atoms with E-state index in [0.717, 1.165) is 0 Å². The van der Waals surface area contributed by atoms with Crippen LogP contribution >= 0.6 is 15.9 Å². The lowest BCUT2D eigenvalue weighted by atomic mass is 9.97. The van der Waals surface area contributed by atoms with Crippen LogP contribution in [0.4, 0.5) is 8.78 Å². The molecule has 0 aromatic heterocycles. The number of aliphatic hydroxyl groups excluding tert-OH is 1. The third-order valence-electron chi connectivity index (χ3n) is 2.79. The quantitative estimate of drug-likeness (QED) is 0.884. The Morgan fingerprint density at radius 2 is 1.83 bits per heavy atom. The fourth-order valence-corrected chi connectivity index (χ4v) is 2.20. The summed E-state index contributed by atoms with van der Waals surface area (Å²) in [5, 5.41) is 10.2. The van der Waals surface area contributed by atoms with Crippen LogP contribution in [0.25, 0.3) is 0 Å². The Bertz CT molecular complexity index is 584. The van der Waals surface area contributed by atoms with Crippen molar-refractivity contribution in [3.8, 4) is 0 Å². The van der Waals surface area contributed by atoms with Gasteiger partial charge in [-0.25, -0.2) is 8.78 Å². The number of hydrogen-bond donors (Lipinski definition) is 1. The van der Waals surface area contributed by atoms with E-state index in [2.05, 4.69) is 15.9 Å². The van der Waals surface area contributed by atoms with Crippen molar-refractivity contribution in [3.63, 3.8) is 0 Å². The van der Waals surface area contributed by atoms with Gasteiger partial charge in [0, 0.05) is 0 Å². The molecule has 0 aliphatic heterocycles. The molecule has 94 valence electrons. The summed E-state index contributed by atoms with van der Waals surface area (Å²) in [7, 11) is 0. The van der Waals surface area contributed by atoms with Crippen molar-refractivity contribution < 1.29 is 13.9 Å². The van der Waals surface area contributed by atoms with Crippen molar-refractivity contribution in [1.29, 1.82) is 0 Å². The first-order valence-electron chi connectivity index (χ1n) is 5.38. The first-order chi connectivity index (χ1) is 8.49. The number of hydrogen-bond acceptors (Lipinski definition) is 1. The van der Waals surface area contributed by atoms with Gasteiger partial charge in [-0.3, -0.25) is 0 Å². The smallest absolute Gasteiger partial charge is 0.137 e. The normalized spacial score (nSPS) is 12.5. The number of aliphatic hydroxyl groups is 1. The monoisotopic (exact) mass is 312 g/mol. The molecule has 18 heavy (non-hydrogen) atoms. The maximum atomic E-state index is 13.1. The molecule has 0 fully saturated rings. The summed E-state index contributed by atoms with van der Waals surface area (Å²) in [6, 6.07) is 8.49. The highest BCUT2D eigenvalue weighted by Gasteiger charge is 2.14. The van der Waals surface area contributed by atoms with E-state index in [4.69, 9.17) is 0 Å². The summed E-state index contributed by atoms with van der Waals surface area (Å²) in [6.45, 7) is 1.72. The molecule has 2 rings (SSSR count). The zero-order valence-electron chi connectivity index (χ0n) is 9.62. The maximum absolute atomic E-state index is 13.1. The van der Waals surface area contributed by atoms with Crippen LogP contribution in [0.15, 0.2) is 40.9 Å². The molecule has 0 aliphatic carbocycles. The van der Waals surface area contributed by atoms with Crippen LogP contribution in [0.1, 0.15) is 22.8 Å². The Balaban J connectivity index is 2.41. The minimum atomic E-state index is -0.900. The molecule has 4 heteroatoms. The lowest BCUT2D eigenvalue weighted by molar-refractivity contribution is 0.219. The molecular weight excluding hydrogens is 302 g/mol. The average molecular weight is 313 g/mol. The van der Waals surface area contributed by atoms with E-state index in [1.54, 1.807) is 6.92 Å². The van der Waals surface area contributed by atoms with Gasteiger partial charge in [0.2, 0.25) is 0 Å². The van der Waals surface area contributed by atoms with Crippen molar-refractivity contribution in [3.05, 3.63) is 69.2 Å². The van der Waals surface area contributed by atoms with Gasteiger partial charge in [-0.2, -0.15) is 0 Å². The van der Waals surface area contributed by atoms with Gasteiger partial charge in [0.05, 0.1) is 4.47 Å². The van der Waals surface area contributed by atoms with Crippen LogP contribution in [-0.4, -0.2) is 5.11 Å². The van der Waals surface area contributed by atoms with Crippen molar-refractivity contribution in [2.45, 2.75) is 13.0 Å². The van der Waals surface area contributed by atoms with E-state index in [9.17, 15) is 13.9 Å². The number of benzene rings is 2. The van der Waals surface area contributed by atoms with E-state index in [1.807, 2.05) is 0 Å². The van der Waals surface area contributed by atoms with Gasteiger partial charge < -0.3 is 5.11 Å². The molecule has 0 amide bonds. The highest BCUT2D eigenvalue weighted by atomic mass is 79.9. The summed E-state index contributed by atoms with van der Waals surface area (Å²) in [4.78, 5) is 0.